The number of carbonyl (C=O) groups is 1. The Kier molecular flexibility index (Phi) is 5.12. The Bertz CT molecular complexity index is 635. The van der Waals surface area contributed by atoms with Gasteiger partial charge in [-0.3, -0.25) is 4.79 Å². The maximum absolute atomic E-state index is 12.3. The molecule has 3 heteroatoms. The molecule has 0 aliphatic rings. The van der Waals surface area contributed by atoms with Gasteiger partial charge < -0.3 is 10.6 Å². The van der Waals surface area contributed by atoms with Crippen molar-refractivity contribution in [3.63, 3.8) is 0 Å². The summed E-state index contributed by atoms with van der Waals surface area (Å²) < 4.78 is 0. The summed E-state index contributed by atoms with van der Waals surface area (Å²) in [7, 11) is 1.90. The molecule has 0 fully saturated rings. The Hall–Kier alpha value is -2.13. The van der Waals surface area contributed by atoms with E-state index < -0.39 is 0 Å². The number of amides is 1. The minimum Gasteiger partial charge on any atom is -0.325 e. The van der Waals surface area contributed by atoms with Crippen LogP contribution < -0.4 is 10.6 Å². The van der Waals surface area contributed by atoms with Crippen LogP contribution in [0.2, 0.25) is 0 Å². The van der Waals surface area contributed by atoms with Crippen molar-refractivity contribution in [3.8, 4) is 0 Å². The lowest BCUT2D eigenvalue weighted by atomic mass is 10.0. The SMILES string of the molecule is CNCc1ccccc1NC(=O)Cc1cc(C)ccc1C. The van der Waals surface area contributed by atoms with Gasteiger partial charge in [0.15, 0.2) is 0 Å². The first-order valence-electron chi connectivity index (χ1n) is 7.18. The zero-order valence-electron chi connectivity index (χ0n) is 12.9. The average Bonchev–Trinajstić information content (AvgIpc) is 2.45. The highest BCUT2D eigenvalue weighted by molar-refractivity contribution is 5.93. The Morgan fingerprint density at radius 3 is 2.57 bits per heavy atom. The first-order chi connectivity index (χ1) is 10.1. The molecule has 2 rings (SSSR count). The van der Waals surface area contributed by atoms with E-state index in [-0.39, 0.29) is 5.91 Å². The predicted molar refractivity (Wildman–Crippen MR) is 87.5 cm³/mol. The summed E-state index contributed by atoms with van der Waals surface area (Å²) in [6.07, 6.45) is 0.404. The molecule has 2 aromatic rings. The number of benzene rings is 2. The number of aryl methyl sites for hydroxylation is 2. The van der Waals surface area contributed by atoms with Gasteiger partial charge in [-0.2, -0.15) is 0 Å². The van der Waals surface area contributed by atoms with Crippen molar-refractivity contribution in [3.05, 3.63) is 64.7 Å². The van der Waals surface area contributed by atoms with Gasteiger partial charge in [0.25, 0.3) is 0 Å². The van der Waals surface area contributed by atoms with E-state index in [9.17, 15) is 4.79 Å². The van der Waals surface area contributed by atoms with E-state index in [1.54, 1.807) is 0 Å². The van der Waals surface area contributed by atoms with Crippen LogP contribution in [0.3, 0.4) is 0 Å². The largest absolute Gasteiger partial charge is 0.325 e. The first-order valence-corrected chi connectivity index (χ1v) is 7.18. The molecular weight excluding hydrogens is 260 g/mol. The Morgan fingerprint density at radius 2 is 1.81 bits per heavy atom. The first kappa shape index (κ1) is 15.3. The second-order valence-electron chi connectivity index (χ2n) is 5.34. The molecule has 0 aromatic heterocycles. The van der Waals surface area contributed by atoms with Crippen LogP contribution in [-0.2, 0) is 17.8 Å². The summed E-state index contributed by atoms with van der Waals surface area (Å²) in [4.78, 5) is 12.3. The van der Waals surface area contributed by atoms with Gasteiger partial charge in [-0.25, -0.2) is 0 Å². The van der Waals surface area contributed by atoms with Crippen LogP contribution in [0.25, 0.3) is 0 Å². The van der Waals surface area contributed by atoms with Crippen molar-refractivity contribution < 1.29 is 4.79 Å². The van der Waals surface area contributed by atoms with Gasteiger partial charge in [0.2, 0.25) is 5.91 Å². The lowest BCUT2D eigenvalue weighted by Gasteiger charge is -2.12. The van der Waals surface area contributed by atoms with E-state index >= 15 is 0 Å². The summed E-state index contributed by atoms with van der Waals surface area (Å²) in [6, 6.07) is 14.1. The Morgan fingerprint density at radius 1 is 1.05 bits per heavy atom. The smallest absolute Gasteiger partial charge is 0.228 e. The highest BCUT2D eigenvalue weighted by Crippen LogP contribution is 2.16. The molecule has 0 atom stereocenters. The van der Waals surface area contributed by atoms with Crippen molar-refractivity contribution in [1.82, 2.24) is 5.32 Å². The fourth-order valence-electron chi connectivity index (χ4n) is 2.34. The maximum atomic E-state index is 12.3. The molecule has 3 nitrogen and oxygen atoms in total. The molecule has 0 bridgehead atoms. The summed E-state index contributed by atoms with van der Waals surface area (Å²) in [5.74, 6) is 0.0206. The molecule has 0 heterocycles. The van der Waals surface area contributed by atoms with Crippen LogP contribution in [0.5, 0.6) is 0 Å². The van der Waals surface area contributed by atoms with Crippen LogP contribution in [0, 0.1) is 13.8 Å². The fraction of sp³-hybridized carbons (Fsp3) is 0.278. The lowest BCUT2D eigenvalue weighted by Crippen LogP contribution is -2.17. The molecule has 2 N–H and O–H groups in total. The highest BCUT2D eigenvalue weighted by atomic mass is 16.1. The molecule has 0 saturated heterocycles. The normalized spacial score (nSPS) is 10.4. The van der Waals surface area contributed by atoms with Crippen molar-refractivity contribution in [2.24, 2.45) is 0 Å². The number of nitrogens with one attached hydrogen (secondary N) is 2. The standard InChI is InChI=1S/C18H22N2O/c1-13-8-9-14(2)16(10-13)11-18(21)20-17-7-5-4-6-15(17)12-19-3/h4-10,19H,11-12H2,1-3H3,(H,20,21). The quantitative estimate of drug-likeness (QED) is 0.884. The fourth-order valence-corrected chi connectivity index (χ4v) is 2.34. The van der Waals surface area contributed by atoms with Gasteiger partial charge in [0, 0.05) is 12.2 Å². The highest BCUT2D eigenvalue weighted by Gasteiger charge is 2.09. The van der Waals surface area contributed by atoms with Crippen LogP contribution in [0.1, 0.15) is 22.3 Å². The van der Waals surface area contributed by atoms with Crippen molar-refractivity contribution >= 4 is 11.6 Å². The number of para-hydroxylation sites is 1. The minimum absolute atomic E-state index is 0.0206. The Balaban J connectivity index is 2.10. The van der Waals surface area contributed by atoms with Gasteiger partial charge in [0.1, 0.15) is 0 Å². The second-order valence-corrected chi connectivity index (χ2v) is 5.34. The van der Waals surface area contributed by atoms with Gasteiger partial charge in [-0.15, -0.1) is 0 Å². The van der Waals surface area contributed by atoms with Gasteiger partial charge in [0.05, 0.1) is 6.42 Å². The average molecular weight is 282 g/mol. The number of anilines is 1. The van der Waals surface area contributed by atoms with E-state index in [0.717, 1.165) is 28.9 Å². The lowest BCUT2D eigenvalue weighted by molar-refractivity contribution is -0.115. The molecule has 2 aromatic carbocycles. The van der Waals surface area contributed by atoms with Crippen LogP contribution >= 0.6 is 0 Å². The molecule has 110 valence electrons. The number of hydrogen-bond acceptors (Lipinski definition) is 2. The summed E-state index contributed by atoms with van der Waals surface area (Å²) in [5.41, 5.74) is 5.38. The third-order valence-electron chi connectivity index (χ3n) is 3.51. The molecule has 0 spiro atoms. The van der Waals surface area contributed by atoms with Crippen LogP contribution in [0.4, 0.5) is 5.69 Å². The summed E-state index contributed by atoms with van der Waals surface area (Å²) in [6.45, 7) is 4.82. The van der Waals surface area contributed by atoms with Crippen LogP contribution in [0.15, 0.2) is 42.5 Å². The molecule has 0 unspecified atom stereocenters. The van der Waals surface area contributed by atoms with E-state index in [1.807, 2.05) is 45.2 Å². The molecule has 0 saturated carbocycles. The van der Waals surface area contributed by atoms with E-state index in [2.05, 4.69) is 28.8 Å². The predicted octanol–water partition coefficient (Wildman–Crippen LogP) is 3.20. The molecule has 0 aliphatic carbocycles. The number of hydrogen-bond donors (Lipinski definition) is 2. The van der Waals surface area contributed by atoms with E-state index in [0.29, 0.717) is 6.42 Å². The van der Waals surface area contributed by atoms with Crippen molar-refractivity contribution in [2.75, 3.05) is 12.4 Å². The molecule has 21 heavy (non-hydrogen) atoms. The zero-order chi connectivity index (χ0) is 15.2. The molecule has 0 aliphatic heterocycles. The molecular formula is C18H22N2O. The Labute approximate surface area is 126 Å². The molecule has 0 radical (unpaired) electrons. The number of carbonyl (C=O) groups excluding carboxylic acids is 1. The van der Waals surface area contributed by atoms with Crippen molar-refractivity contribution in [2.45, 2.75) is 26.8 Å². The topological polar surface area (TPSA) is 41.1 Å². The monoisotopic (exact) mass is 282 g/mol. The second kappa shape index (κ2) is 7.04. The van der Waals surface area contributed by atoms with E-state index in [1.165, 1.54) is 5.56 Å². The van der Waals surface area contributed by atoms with E-state index in [4.69, 9.17) is 0 Å². The number of rotatable bonds is 5. The van der Waals surface area contributed by atoms with Gasteiger partial charge in [-0.05, 0) is 43.7 Å². The summed E-state index contributed by atoms with van der Waals surface area (Å²) in [5, 5.41) is 6.12. The van der Waals surface area contributed by atoms with Gasteiger partial charge >= 0.3 is 0 Å². The molecule has 1 amide bonds. The van der Waals surface area contributed by atoms with Crippen LogP contribution in [-0.4, -0.2) is 13.0 Å². The third-order valence-corrected chi connectivity index (χ3v) is 3.51. The van der Waals surface area contributed by atoms with Crippen molar-refractivity contribution in [1.29, 1.82) is 0 Å². The summed E-state index contributed by atoms with van der Waals surface area (Å²) >= 11 is 0. The third kappa shape index (κ3) is 4.17. The zero-order valence-corrected chi connectivity index (χ0v) is 12.9. The maximum Gasteiger partial charge on any atom is 0.228 e. The minimum atomic E-state index is 0.0206. The van der Waals surface area contributed by atoms with Gasteiger partial charge in [-0.1, -0.05) is 42.0 Å².